The van der Waals surface area contributed by atoms with Gasteiger partial charge in [0, 0.05) is 31.0 Å². The average Bonchev–Trinajstić information content (AvgIpc) is 3.08. The number of carboxylic acid groups (broad SMARTS) is 1. The monoisotopic (exact) mass is 392 g/mol. The van der Waals surface area contributed by atoms with Crippen molar-refractivity contribution in [3.05, 3.63) is 29.8 Å². The molecule has 1 aliphatic carbocycles. The molecular weight excluding hydrogens is 360 g/mol. The first-order valence-corrected chi connectivity index (χ1v) is 9.91. The molecule has 2 fully saturated rings. The van der Waals surface area contributed by atoms with E-state index >= 15 is 0 Å². The van der Waals surface area contributed by atoms with Gasteiger partial charge in [-0.1, -0.05) is 12.1 Å². The Kier molecular flexibility index (Phi) is 6.17. The molecule has 2 N–H and O–H groups in total. The van der Waals surface area contributed by atoms with Gasteiger partial charge in [0.15, 0.2) is 5.79 Å². The lowest BCUT2D eigenvalue weighted by Gasteiger charge is -2.49. The Balaban J connectivity index is 1.77. The van der Waals surface area contributed by atoms with E-state index in [4.69, 9.17) is 14.2 Å². The molecule has 7 nitrogen and oxygen atoms in total. The summed E-state index contributed by atoms with van der Waals surface area (Å²) < 4.78 is 17.0. The molecule has 1 aliphatic heterocycles. The van der Waals surface area contributed by atoms with Crippen LogP contribution in [-0.2, 0) is 16.0 Å². The van der Waals surface area contributed by atoms with Crippen LogP contribution in [0.15, 0.2) is 24.3 Å². The first kappa shape index (κ1) is 20.9. The van der Waals surface area contributed by atoms with Crippen molar-refractivity contribution in [1.82, 2.24) is 10.2 Å². The quantitative estimate of drug-likeness (QED) is 0.801. The van der Waals surface area contributed by atoms with Gasteiger partial charge in [0.25, 0.3) is 0 Å². The minimum absolute atomic E-state index is 0.0239. The van der Waals surface area contributed by atoms with Crippen LogP contribution in [0.5, 0.6) is 5.75 Å². The topological polar surface area (TPSA) is 80.3 Å². The Hall–Kier alpha value is -1.83. The van der Waals surface area contributed by atoms with Crippen molar-refractivity contribution in [3.63, 3.8) is 0 Å². The summed E-state index contributed by atoms with van der Waals surface area (Å²) in [5.41, 5.74) is 0.610. The fraction of sp³-hybridized carbons (Fsp3) is 0.667. The molecule has 1 spiro atoms. The molecule has 2 atom stereocenters. The van der Waals surface area contributed by atoms with Crippen LogP contribution >= 0.6 is 0 Å². The number of nitrogens with one attached hydrogen (secondary N) is 1. The first-order chi connectivity index (χ1) is 13.2. The van der Waals surface area contributed by atoms with Crippen molar-refractivity contribution >= 4 is 6.09 Å². The standard InChI is InChI=1S/C21H32N2O5/c1-20(2,3)23(19(24)25)18-13-21(27-11-12-28-21)10-9-17(18)22-14-15-5-7-16(26-4)8-6-15/h5-8,17-18,22H,9-14H2,1-4H3,(H,24,25)/t17-,18-/m0/s1. The molecule has 1 heterocycles. The summed E-state index contributed by atoms with van der Waals surface area (Å²) in [7, 11) is 1.65. The van der Waals surface area contributed by atoms with Gasteiger partial charge in [0.2, 0.25) is 0 Å². The van der Waals surface area contributed by atoms with E-state index in [1.54, 1.807) is 12.0 Å². The minimum Gasteiger partial charge on any atom is -0.497 e. The molecule has 0 aromatic heterocycles. The highest BCUT2D eigenvalue weighted by Crippen LogP contribution is 2.39. The molecule has 1 amide bonds. The fourth-order valence-corrected chi connectivity index (χ4v) is 4.32. The van der Waals surface area contributed by atoms with E-state index in [1.807, 2.05) is 45.0 Å². The zero-order valence-electron chi connectivity index (χ0n) is 17.2. The van der Waals surface area contributed by atoms with Gasteiger partial charge in [-0.05, 0) is 44.9 Å². The molecule has 0 bridgehead atoms. The second-order valence-corrected chi connectivity index (χ2v) is 8.58. The summed E-state index contributed by atoms with van der Waals surface area (Å²) >= 11 is 0. The highest BCUT2D eigenvalue weighted by atomic mass is 16.7. The first-order valence-electron chi connectivity index (χ1n) is 9.91. The Bertz CT molecular complexity index is 664. The number of carbonyl (C=O) groups is 1. The molecule has 1 aromatic rings. The summed E-state index contributed by atoms with van der Waals surface area (Å²) in [6, 6.07) is 7.70. The number of ether oxygens (including phenoxy) is 3. The molecule has 1 aromatic carbocycles. The lowest BCUT2D eigenvalue weighted by Crippen LogP contribution is -2.63. The van der Waals surface area contributed by atoms with Crippen molar-refractivity contribution in [3.8, 4) is 5.75 Å². The maximum atomic E-state index is 12.1. The average molecular weight is 392 g/mol. The largest absolute Gasteiger partial charge is 0.497 e. The van der Waals surface area contributed by atoms with Crippen LogP contribution in [0.2, 0.25) is 0 Å². The molecule has 0 radical (unpaired) electrons. The van der Waals surface area contributed by atoms with Crippen molar-refractivity contribution in [1.29, 1.82) is 0 Å². The van der Waals surface area contributed by atoms with E-state index in [2.05, 4.69) is 5.32 Å². The van der Waals surface area contributed by atoms with Gasteiger partial charge in [-0.15, -0.1) is 0 Å². The fourth-order valence-electron chi connectivity index (χ4n) is 4.32. The van der Waals surface area contributed by atoms with Crippen molar-refractivity contribution in [2.45, 2.75) is 70.0 Å². The van der Waals surface area contributed by atoms with Crippen molar-refractivity contribution in [2.75, 3.05) is 20.3 Å². The summed E-state index contributed by atoms with van der Waals surface area (Å²) in [5, 5.41) is 13.5. The van der Waals surface area contributed by atoms with Gasteiger partial charge in [0.05, 0.1) is 26.4 Å². The van der Waals surface area contributed by atoms with Gasteiger partial charge >= 0.3 is 6.09 Å². The van der Waals surface area contributed by atoms with Gasteiger partial charge < -0.3 is 24.6 Å². The predicted octanol–water partition coefficient (Wildman–Crippen LogP) is 3.23. The number of amides is 1. The Morgan fingerprint density at radius 1 is 1.29 bits per heavy atom. The van der Waals surface area contributed by atoms with Crippen molar-refractivity contribution < 1.29 is 24.1 Å². The zero-order chi connectivity index (χ0) is 20.4. The molecular formula is C21H32N2O5. The van der Waals surface area contributed by atoms with E-state index in [-0.39, 0.29) is 12.1 Å². The molecule has 7 heteroatoms. The van der Waals surface area contributed by atoms with Gasteiger partial charge in [-0.2, -0.15) is 0 Å². The number of hydrogen-bond acceptors (Lipinski definition) is 5. The maximum absolute atomic E-state index is 12.1. The van der Waals surface area contributed by atoms with E-state index in [0.29, 0.717) is 26.2 Å². The van der Waals surface area contributed by atoms with Crippen molar-refractivity contribution in [2.24, 2.45) is 0 Å². The Morgan fingerprint density at radius 2 is 1.93 bits per heavy atom. The van der Waals surface area contributed by atoms with Crippen LogP contribution in [0.25, 0.3) is 0 Å². The molecule has 1 saturated heterocycles. The lowest BCUT2D eigenvalue weighted by atomic mass is 9.82. The Morgan fingerprint density at radius 3 is 2.46 bits per heavy atom. The van der Waals surface area contributed by atoms with Crippen LogP contribution in [0.1, 0.15) is 45.6 Å². The summed E-state index contributed by atoms with van der Waals surface area (Å²) in [5.74, 6) is 0.170. The zero-order valence-corrected chi connectivity index (χ0v) is 17.2. The normalized spacial score (nSPS) is 24.3. The third kappa shape index (κ3) is 4.59. The van der Waals surface area contributed by atoms with Crippen LogP contribution in [-0.4, -0.2) is 59.8 Å². The number of methoxy groups -OCH3 is 1. The number of rotatable bonds is 5. The van der Waals surface area contributed by atoms with Gasteiger partial charge in [-0.25, -0.2) is 4.79 Å². The van der Waals surface area contributed by atoms with Crippen LogP contribution in [0.4, 0.5) is 4.79 Å². The third-order valence-electron chi connectivity index (χ3n) is 5.62. The molecule has 28 heavy (non-hydrogen) atoms. The maximum Gasteiger partial charge on any atom is 0.408 e. The summed E-state index contributed by atoms with van der Waals surface area (Å²) in [4.78, 5) is 13.7. The van der Waals surface area contributed by atoms with Gasteiger partial charge in [0.1, 0.15) is 5.75 Å². The number of hydrogen-bond donors (Lipinski definition) is 2. The number of benzene rings is 1. The lowest BCUT2D eigenvalue weighted by molar-refractivity contribution is -0.194. The van der Waals surface area contributed by atoms with Crippen LogP contribution < -0.4 is 10.1 Å². The van der Waals surface area contributed by atoms with E-state index in [0.717, 1.165) is 24.2 Å². The molecule has 2 aliphatic rings. The molecule has 3 rings (SSSR count). The summed E-state index contributed by atoms with van der Waals surface area (Å²) in [6.07, 6.45) is 1.18. The van der Waals surface area contributed by atoms with Crippen LogP contribution in [0, 0.1) is 0 Å². The Labute approximate surface area is 166 Å². The smallest absolute Gasteiger partial charge is 0.408 e. The summed E-state index contributed by atoms with van der Waals surface area (Å²) in [6.45, 7) is 7.59. The highest BCUT2D eigenvalue weighted by molar-refractivity contribution is 5.66. The van der Waals surface area contributed by atoms with Crippen LogP contribution in [0.3, 0.4) is 0 Å². The van der Waals surface area contributed by atoms with E-state index in [1.165, 1.54) is 0 Å². The molecule has 1 saturated carbocycles. The van der Waals surface area contributed by atoms with Gasteiger partial charge in [-0.3, -0.25) is 4.90 Å². The second-order valence-electron chi connectivity index (χ2n) is 8.58. The number of nitrogens with zero attached hydrogens (tertiary/aromatic N) is 1. The highest BCUT2D eigenvalue weighted by Gasteiger charge is 2.49. The van der Waals surface area contributed by atoms with E-state index in [9.17, 15) is 9.90 Å². The second kappa shape index (κ2) is 8.27. The molecule has 156 valence electrons. The SMILES string of the molecule is COc1ccc(CN[C@H]2CCC3(C[C@@H]2N(C(=O)O)C(C)(C)C)OCCO3)cc1. The third-order valence-corrected chi connectivity index (χ3v) is 5.62. The predicted molar refractivity (Wildman–Crippen MR) is 106 cm³/mol. The van der Waals surface area contributed by atoms with E-state index < -0.39 is 17.4 Å². The minimum atomic E-state index is -0.913. The molecule has 0 unspecified atom stereocenters.